The van der Waals surface area contributed by atoms with Crippen molar-refractivity contribution in [3.8, 4) is 0 Å². The minimum absolute atomic E-state index is 0.0490. The topological polar surface area (TPSA) is 20.2 Å². The molecule has 1 heteroatoms. The normalized spacial score (nSPS) is 45.3. The zero-order chi connectivity index (χ0) is 9.31. The zero-order valence-corrected chi connectivity index (χ0v) is 8.34. The summed E-state index contributed by atoms with van der Waals surface area (Å²) in [4.78, 5) is 0. The Morgan fingerprint density at radius 3 is 2.62 bits per heavy atom. The summed E-state index contributed by atoms with van der Waals surface area (Å²) in [6.07, 6.45) is 10.7. The highest BCUT2D eigenvalue weighted by molar-refractivity contribution is 5.05. The van der Waals surface area contributed by atoms with E-state index >= 15 is 0 Å². The van der Waals surface area contributed by atoms with Gasteiger partial charge in [-0.15, -0.1) is 6.58 Å². The van der Waals surface area contributed by atoms with Crippen LogP contribution in [0.4, 0.5) is 0 Å². The van der Waals surface area contributed by atoms with Crippen LogP contribution in [0.15, 0.2) is 12.7 Å². The molecule has 0 heterocycles. The standard InChI is InChI=1S/C12H20O/c1-2-12-8-4-3-6-10(12)11(13)7-5-9-12/h2,10-11,13H,1,3-9H2. The van der Waals surface area contributed by atoms with Crippen molar-refractivity contribution in [2.75, 3.05) is 0 Å². The molecule has 0 aromatic heterocycles. The van der Waals surface area contributed by atoms with Crippen LogP contribution < -0.4 is 0 Å². The summed E-state index contributed by atoms with van der Waals surface area (Å²) in [6, 6.07) is 0. The summed E-state index contributed by atoms with van der Waals surface area (Å²) < 4.78 is 0. The Morgan fingerprint density at radius 2 is 1.92 bits per heavy atom. The van der Waals surface area contributed by atoms with E-state index in [1.165, 1.54) is 38.5 Å². The van der Waals surface area contributed by atoms with Gasteiger partial charge in [0.05, 0.1) is 6.10 Å². The highest BCUT2D eigenvalue weighted by Crippen LogP contribution is 2.51. The van der Waals surface area contributed by atoms with Gasteiger partial charge in [-0.25, -0.2) is 0 Å². The van der Waals surface area contributed by atoms with Gasteiger partial charge in [0.1, 0.15) is 0 Å². The van der Waals surface area contributed by atoms with E-state index in [9.17, 15) is 5.11 Å². The molecular weight excluding hydrogens is 160 g/mol. The fourth-order valence-electron chi connectivity index (χ4n) is 3.37. The molecule has 2 saturated carbocycles. The summed E-state index contributed by atoms with van der Waals surface area (Å²) in [5.41, 5.74) is 0.302. The number of allylic oxidation sites excluding steroid dienone is 1. The first-order valence-corrected chi connectivity index (χ1v) is 5.60. The molecule has 0 aliphatic heterocycles. The molecule has 2 fully saturated rings. The molecule has 74 valence electrons. The van der Waals surface area contributed by atoms with Crippen molar-refractivity contribution in [3.05, 3.63) is 12.7 Å². The van der Waals surface area contributed by atoms with E-state index < -0.39 is 0 Å². The molecule has 13 heavy (non-hydrogen) atoms. The number of rotatable bonds is 1. The third-order valence-corrected chi connectivity index (χ3v) is 4.16. The van der Waals surface area contributed by atoms with Crippen LogP contribution in [0.2, 0.25) is 0 Å². The molecule has 2 rings (SSSR count). The maximum atomic E-state index is 9.95. The Hall–Kier alpha value is -0.300. The maximum absolute atomic E-state index is 9.95. The lowest BCUT2D eigenvalue weighted by Gasteiger charge is -2.48. The maximum Gasteiger partial charge on any atom is 0.0576 e. The van der Waals surface area contributed by atoms with Crippen molar-refractivity contribution in [1.82, 2.24) is 0 Å². The van der Waals surface area contributed by atoms with Gasteiger partial charge in [-0.3, -0.25) is 0 Å². The summed E-state index contributed by atoms with van der Waals surface area (Å²) in [5, 5.41) is 9.95. The van der Waals surface area contributed by atoms with Crippen LogP contribution in [0.5, 0.6) is 0 Å². The molecule has 0 spiro atoms. The molecule has 2 aliphatic carbocycles. The smallest absolute Gasteiger partial charge is 0.0576 e. The van der Waals surface area contributed by atoms with Crippen LogP contribution in [0.1, 0.15) is 44.9 Å². The average Bonchev–Trinajstić information content (AvgIpc) is 2.18. The van der Waals surface area contributed by atoms with Crippen molar-refractivity contribution in [2.45, 2.75) is 51.0 Å². The number of hydrogen-bond acceptors (Lipinski definition) is 1. The van der Waals surface area contributed by atoms with Crippen LogP contribution >= 0.6 is 0 Å². The van der Waals surface area contributed by atoms with Gasteiger partial charge in [0.25, 0.3) is 0 Å². The average molecular weight is 180 g/mol. The first-order chi connectivity index (χ1) is 6.28. The van der Waals surface area contributed by atoms with Crippen LogP contribution in [-0.2, 0) is 0 Å². The molecule has 0 saturated heterocycles. The third-order valence-electron chi connectivity index (χ3n) is 4.16. The highest BCUT2D eigenvalue weighted by Gasteiger charge is 2.43. The van der Waals surface area contributed by atoms with E-state index in [4.69, 9.17) is 0 Å². The second kappa shape index (κ2) is 3.45. The van der Waals surface area contributed by atoms with Gasteiger partial charge >= 0.3 is 0 Å². The van der Waals surface area contributed by atoms with Crippen molar-refractivity contribution in [2.24, 2.45) is 11.3 Å². The van der Waals surface area contributed by atoms with E-state index in [1.54, 1.807) is 0 Å². The van der Waals surface area contributed by atoms with Crippen molar-refractivity contribution < 1.29 is 5.11 Å². The van der Waals surface area contributed by atoms with Gasteiger partial charge in [0.15, 0.2) is 0 Å². The largest absolute Gasteiger partial charge is 0.393 e. The van der Waals surface area contributed by atoms with E-state index in [1.807, 2.05) is 0 Å². The van der Waals surface area contributed by atoms with Crippen molar-refractivity contribution in [3.63, 3.8) is 0 Å². The Bertz CT molecular complexity index is 195. The van der Waals surface area contributed by atoms with Gasteiger partial charge in [0, 0.05) is 0 Å². The SMILES string of the molecule is C=CC12CCCCC1C(O)CCC2. The lowest BCUT2D eigenvalue weighted by molar-refractivity contribution is -0.0273. The third kappa shape index (κ3) is 1.43. The van der Waals surface area contributed by atoms with Gasteiger partial charge in [-0.1, -0.05) is 18.9 Å². The minimum Gasteiger partial charge on any atom is -0.393 e. The van der Waals surface area contributed by atoms with Gasteiger partial charge in [-0.2, -0.15) is 0 Å². The molecular formula is C12H20O. The van der Waals surface area contributed by atoms with E-state index in [2.05, 4.69) is 12.7 Å². The number of aliphatic hydroxyl groups is 1. The van der Waals surface area contributed by atoms with Gasteiger partial charge in [-0.05, 0) is 43.4 Å². The monoisotopic (exact) mass is 180 g/mol. The molecule has 3 atom stereocenters. The molecule has 0 aromatic carbocycles. The van der Waals surface area contributed by atoms with Crippen LogP contribution in [-0.4, -0.2) is 11.2 Å². The minimum atomic E-state index is -0.0490. The van der Waals surface area contributed by atoms with Crippen molar-refractivity contribution >= 4 is 0 Å². The number of hydrogen-bond donors (Lipinski definition) is 1. The summed E-state index contributed by atoms with van der Waals surface area (Å²) in [6.45, 7) is 3.98. The van der Waals surface area contributed by atoms with E-state index in [0.717, 1.165) is 6.42 Å². The van der Waals surface area contributed by atoms with Crippen LogP contribution in [0.25, 0.3) is 0 Å². The van der Waals surface area contributed by atoms with E-state index in [-0.39, 0.29) is 6.10 Å². The van der Waals surface area contributed by atoms with Gasteiger partial charge < -0.3 is 5.11 Å². The Balaban J connectivity index is 2.20. The summed E-state index contributed by atoms with van der Waals surface area (Å²) >= 11 is 0. The predicted molar refractivity (Wildman–Crippen MR) is 54.4 cm³/mol. The second-order valence-electron chi connectivity index (χ2n) is 4.75. The highest BCUT2D eigenvalue weighted by atomic mass is 16.3. The molecule has 2 aliphatic rings. The molecule has 3 unspecified atom stereocenters. The van der Waals surface area contributed by atoms with Gasteiger partial charge in [0.2, 0.25) is 0 Å². The number of aliphatic hydroxyl groups excluding tert-OH is 1. The molecule has 1 nitrogen and oxygen atoms in total. The summed E-state index contributed by atoms with van der Waals surface area (Å²) in [5.74, 6) is 0.521. The zero-order valence-electron chi connectivity index (χ0n) is 8.34. The van der Waals surface area contributed by atoms with E-state index in [0.29, 0.717) is 11.3 Å². The quantitative estimate of drug-likeness (QED) is 0.615. The predicted octanol–water partition coefficient (Wildman–Crippen LogP) is 2.89. The fraction of sp³-hybridized carbons (Fsp3) is 0.833. The molecule has 0 radical (unpaired) electrons. The Morgan fingerprint density at radius 1 is 1.15 bits per heavy atom. The lowest BCUT2D eigenvalue weighted by Crippen LogP contribution is -2.42. The lowest BCUT2D eigenvalue weighted by atomic mass is 9.58. The molecule has 0 amide bonds. The van der Waals surface area contributed by atoms with Crippen LogP contribution in [0.3, 0.4) is 0 Å². The molecule has 0 bridgehead atoms. The van der Waals surface area contributed by atoms with Crippen LogP contribution in [0, 0.1) is 11.3 Å². The first kappa shape index (κ1) is 9.26. The Labute approximate surface area is 80.8 Å². The summed E-state index contributed by atoms with van der Waals surface area (Å²) in [7, 11) is 0. The Kier molecular flexibility index (Phi) is 2.46. The second-order valence-corrected chi connectivity index (χ2v) is 4.75. The first-order valence-electron chi connectivity index (χ1n) is 5.60. The molecule has 0 aromatic rings. The fourth-order valence-corrected chi connectivity index (χ4v) is 3.37. The molecule has 1 N–H and O–H groups in total. The number of fused-ring (bicyclic) bond motifs is 1. The van der Waals surface area contributed by atoms with Crippen molar-refractivity contribution in [1.29, 1.82) is 0 Å².